The Kier molecular flexibility index (Phi) is 14.4. The zero-order valence-corrected chi connectivity index (χ0v) is 35.1. The summed E-state index contributed by atoms with van der Waals surface area (Å²) in [6.45, 7) is 14.2. The van der Waals surface area contributed by atoms with Crippen LogP contribution in [0.15, 0.2) is 0 Å². The summed E-state index contributed by atoms with van der Waals surface area (Å²) >= 11 is 0. The van der Waals surface area contributed by atoms with Crippen molar-refractivity contribution < 1.29 is 29.4 Å². The van der Waals surface area contributed by atoms with Crippen molar-refractivity contribution in [2.24, 2.45) is 58.7 Å². The van der Waals surface area contributed by atoms with Crippen LogP contribution in [-0.4, -0.2) is 134 Å². The second kappa shape index (κ2) is 17.9. The molecule has 0 aromatic carbocycles. The maximum Gasteiger partial charge on any atom is 0.240 e. The summed E-state index contributed by atoms with van der Waals surface area (Å²) in [7, 11) is 10.2. The molecule has 11 nitrogen and oxygen atoms in total. The van der Waals surface area contributed by atoms with Crippen LogP contribution in [0.2, 0.25) is 0 Å². The smallest absolute Gasteiger partial charge is 0.240 e. The molecule has 1 heterocycles. The number of aliphatic hydroxyl groups is 2. The van der Waals surface area contributed by atoms with Crippen molar-refractivity contribution >= 4 is 11.8 Å². The predicted molar refractivity (Wildman–Crippen MR) is 209 cm³/mol. The molecule has 6 fully saturated rings. The lowest BCUT2D eigenvalue weighted by atomic mass is 9.45. The molecule has 15 atom stereocenters. The Hall–Kier alpha value is -1.34. The molecule has 2 amide bonds. The van der Waals surface area contributed by atoms with E-state index in [0.29, 0.717) is 47.6 Å². The number of aliphatic hydroxyl groups excluding tert-OH is 2. The minimum absolute atomic E-state index is 0.0539. The highest BCUT2D eigenvalue weighted by atomic mass is 16.7. The highest BCUT2D eigenvalue weighted by molar-refractivity contribution is 5.83. The van der Waals surface area contributed by atoms with Gasteiger partial charge in [0.15, 0.2) is 0 Å². The average molecular weight is 748 g/mol. The Morgan fingerprint density at radius 3 is 2.30 bits per heavy atom. The van der Waals surface area contributed by atoms with Crippen LogP contribution in [0.5, 0.6) is 0 Å². The van der Waals surface area contributed by atoms with Gasteiger partial charge in [0.05, 0.1) is 18.8 Å². The largest absolute Gasteiger partial charge is 0.394 e. The van der Waals surface area contributed by atoms with Gasteiger partial charge in [0.2, 0.25) is 11.8 Å². The Morgan fingerprint density at radius 1 is 1.02 bits per heavy atom. The molecule has 5 saturated carbocycles. The molecule has 1 aliphatic heterocycles. The minimum Gasteiger partial charge on any atom is -0.394 e. The predicted octanol–water partition coefficient (Wildman–Crippen LogP) is 4.02. The van der Waals surface area contributed by atoms with Crippen LogP contribution in [0, 0.1) is 58.7 Å². The Morgan fingerprint density at radius 2 is 1.74 bits per heavy atom. The molecule has 11 heteroatoms. The summed E-state index contributed by atoms with van der Waals surface area (Å²) < 4.78 is 6.42. The van der Waals surface area contributed by atoms with Crippen molar-refractivity contribution in [3.8, 4) is 0 Å². The minimum atomic E-state index is -0.826. The van der Waals surface area contributed by atoms with Crippen molar-refractivity contribution in [2.45, 2.75) is 142 Å². The molecule has 5 aliphatic carbocycles. The topological polar surface area (TPSA) is 127 Å². The molecule has 306 valence electrons. The second-order valence-corrected chi connectivity index (χ2v) is 19.7. The van der Waals surface area contributed by atoms with E-state index in [9.17, 15) is 19.8 Å². The van der Waals surface area contributed by atoms with E-state index < -0.39 is 24.2 Å². The molecule has 0 radical (unpaired) electrons. The monoisotopic (exact) mass is 748 g/mol. The first-order valence-electron chi connectivity index (χ1n) is 21.1. The van der Waals surface area contributed by atoms with E-state index in [1.165, 1.54) is 6.42 Å². The van der Waals surface area contributed by atoms with Gasteiger partial charge < -0.3 is 35.4 Å². The van der Waals surface area contributed by atoms with Crippen molar-refractivity contribution in [3.05, 3.63) is 0 Å². The second-order valence-electron chi connectivity index (χ2n) is 19.7. The van der Waals surface area contributed by atoms with Gasteiger partial charge in [0.1, 0.15) is 12.1 Å². The van der Waals surface area contributed by atoms with E-state index in [-0.39, 0.29) is 54.4 Å². The zero-order valence-electron chi connectivity index (χ0n) is 35.1. The molecule has 0 spiro atoms. The Balaban J connectivity index is 1.31. The van der Waals surface area contributed by atoms with Crippen LogP contribution in [0.25, 0.3) is 0 Å². The maximum absolute atomic E-state index is 14.3. The molecule has 53 heavy (non-hydrogen) atoms. The van der Waals surface area contributed by atoms with Gasteiger partial charge in [-0.15, -0.1) is 0 Å². The van der Waals surface area contributed by atoms with Crippen LogP contribution in [0.4, 0.5) is 0 Å². The van der Waals surface area contributed by atoms with Crippen LogP contribution in [0.1, 0.15) is 99.3 Å². The summed E-state index contributed by atoms with van der Waals surface area (Å²) in [5, 5.41) is 30.1. The molecule has 6 rings (SSSR count). The number of rotatable bonds is 15. The van der Waals surface area contributed by atoms with Crippen LogP contribution >= 0.6 is 0 Å². The fraction of sp³-hybridized carbons (Fsp3) is 0.952. The van der Waals surface area contributed by atoms with E-state index >= 15 is 0 Å². The number of ether oxygens (including phenoxy) is 1. The van der Waals surface area contributed by atoms with Gasteiger partial charge in [-0.25, -0.2) is 0 Å². The number of amides is 2. The summed E-state index contributed by atoms with van der Waals surface area (Å²) in [4.78, 5) is 39.2. The number of fused-ring (bicyclic) bond motifs is 2. The normalized spacial score (nSPS) is 39.9. The fourth-order valence-corrected chi connectivity index (χ4v) is 11.9. The van der Waals surface area contributed by atoms with Gasteiger partial charge in [-0.3, -0.25) is 14.4 Å². The highest BCUT2D eigenvalue weighted by Gasteiger charge is 2.58. The Labute approximate surface area is 321 Å². The quantitative estimate of drug-likeness (QED) is 0.197. The fourth-order valence-electron chi connectivity index (χ4n) is 11.9. The first-order chi connectivity index (χ1) is 25.0. The number of carbonyl (C=O) groups is 2. The van der Waals surface area contributed by atoms with Crippen molar-refractivity contribution in [1.29, 1.82) is 0 Å². The van der Waals surface area contributed by atoms with Crippen LogP contribution in [0.3, 0.4) is 0 Å². The van der Waals surface area contributed by atoms with Gasteiger partial charge in [-0.2, -0.15) is 5.06 Å². The summed E-state index contributed by atoms with van der Waals surface area (Å²) in [5.41, 5.74) is 0.316. The van der Waals surface area contributed by atoms with Gasteiger partial charge in [0, 0.05) is 56.1 Å². The first kappa shape index (κ1) is 42.8. The maximum atomic E-state index is 14.3. The number of nitrogens with zero attached hydrogens (tertiary/aromatic N) is 3. The summed E-state index contributed by atoms with van der Waals surface area (Å²) in [5.74, 6) is 2.27. The molecule has 1 saturated heterocycles. The molecule has 0 aromatic rings. The number of hydrogen-bond donors (Lipinski definition) is 4. The highest BCUT2D eigenvalue weighted by Crippen LogP contribution is 2.61. The number of methoxy groups -OCH3 is 1. The van der Waals surface area contributed by atoms with Gasteiger partial charge in [-0.1, -0.05) is 41.0 Å². The van der Waals surface area contributed by atoms with E-state index in [1.807, 2.05) is 7.11 Å². The number of hydrogen-bond acceptors (Lipinski definition) is 9. The lowest BCUT2D eigenvalue weighted by Crippen LogP contribution is -2.62. The third-order valence-corrected chi connectivity index (χ3v) is 14.9. The van der Waals surface area contributed by atoms with Gasteiger partial charge >= 0.3 is 0 Å². The molecule has 6 aliphatic rings. The number of likely N-dealkylation sites (N-methyl/N-ethyl adjacent to an activating group) is 1. The van der Waals surface area contributed by atoms with Gasteiger partial charge in [0.25, 0.3) is 0 Å². The molecule has 0 aromatic heterocycles. The van der Waals surface area contributed by atoms with Crippen LogP contribution in [-0.2, 0) is 19.2 Å². The molecule has 2 bridgehead atoms. The summed E-state index contributed by atoms with van der Waals surface area (Å²) in [6, 6.07) is -0.172. The van der Waals surface area contributed by atoms with E-state index in [1.54, 1.807) is 12.0 Å². The third kappa shape index (κ3) is 9.45. The van der Waals surface area contributed by atoms with Crippen molar-refractivity contribution in [2.75, 3.05) is 55.0 Å². The lowest BCUT2D eigenvalue weighted by Gasteiger charge is -2.62. The average Bonchev–Trinajstić information content (AvgIpc) is 3.46. The number of nitrogens with one attached hydrogen (secondary N) is 2. The molecular formula is C42H77N5O6. The SMILES string of the molecule is COC1C(CN2O[C@@H](CO)[C@@H]([C@H](C)O)[C@H]2C(=O)N[C@@H]2C[C@H]3C[C@@H]([C@@H]2C)C3(C)C)CCCC1C1CC(C(=O)N[C@H](CC(C)C)CN(C)C)CC(N(C)C)C1. The van der Waals surface area contributed by atoms with Crippen LogP contribution < -0.4 is 10.6 Å². The standard InChI is InChI=1S/C42H77N5O6/c1-24(2)15-31(22-45(7)8)43-40(50)29-16-28(17-32(18-29)46(9)10)33-14-12-13-27(39(33)52-11)21-47-38(37(26(4)49)36(23-48)53-47)41(51)44-35-20-30-19-34(25(35)3)42(30,5)6/h24-39,48-49H,12-23H2,1-11H3,(H,43,50)(H,44,51)/t25-,26-,27?,28?,29?,30+,31+,32?,33?,34-,35+,36-,37+,38-,39?/m0/s1. The number of carbonyl (C=O) groups excluding carboxylic acids is 2. The van der Waals surface area contributed by atoms with Crippen molar-refractivity contribution in [3.63, 3.8) is 0 Å². The number of hydroxylamine groups is 2. The van der Waals surface area contributed by atoms with Crippen molar-refractivity contribution in [1.82, 2.24) is 25.5 Å². The lowest BCUT2D eigenvalue weighted by molar-refractivity contribution is -0.193. The third-order valence-electron chi connectivity index (χ3n) is 14.9. The molecular weight excluding hydrogens is 670 g/mol. The molecule has 4 N–H and O–H groups in total. The zero-order chi connectivity index (χ0) is 38.9. The first-order valence-corrected chi connectivity index (χ1v) is 21.1. The van der Waals surface area contributed by atoms with E-state index in [4.69, 9.17) is 9.57 Å². The summed E-state index contributed by atoms with van der Waals surface area (Å²) in [6.07, 6.45) is 7.40. The van der Waals surface area contributed by atoms with E-state index in [0.717, 1.165) is 57.9 Å². The van der Waals surface area contributed by atoms with E-state index in [2.05, 4.69) is 83.2 Å². The Bertz CT molecular complexity index is 1200. The van der Waals surface area contributed by atoms with Gasteiger partial charge in [-0.05, 0) is 127 Å². The molecule has 6 unspecified atom stereocenters.